The van der Waals surface area contributed by atoms with E-state index < -0.39 is 5.97 Å². The highest BCUT2D eigenvalue weighted by Gasteiger charge is 2.12. The van der Waals surface area contributed by atoms with E-state index in [0.717, 1.165) is 16.9 Å². The maximum atomic E-state index is 12.0. The molecule has 0 aliphatic carbocycles. The quantitative estimate of drug-likeness (QED) is 0.559. The summed E-state index contributed by atoms with van der Waals surface area (Å²) in [5.74, 6) is -0.0913. The topological polar surface area (TPSA) is 84.9 Å². The molecule has 31 heavy (non-hydrogen) atoms. The first-order chi connectivity index (χ1) is 14.9. The average molecular weight is 427 g/mol. The minimum absolute atomic E-state index is 0.0729. The zero-order valence-electron chi connectivity index (χ0n) is 18.3. The minimum Gasteiger partial charge on any atom is -0.489 e. The number of nitrogens with zero attached hydrogens (tertiary/aromatic N) is 1. The molecule has 7 heteroatoms. The van der Waals surface area contributed by atoms with Crippen LogP contribution >= 0.6 is 0 Å². The normalized spacial score (nSPS) is 10.3. The average Bonchev–Trinajstić information content (AvgIpc) is 2.79. The molecule has 0 unspecified atom stereocenters. The molecule has 2 aromatic carbocycles. The largest absolute Gasteiger partial charge is 0.489 e. The van der Waals surface area contributed by atoms with Gasteiger partial charge in [-0.15, -0.1) is 0 Å². The lowest BCUT2D eigenvalue weighted by Gasteiger charge is -2.17. The van der Waals surface area contributed by atoms with Crippen LogP contribution in [0.15, 0.2) is 48.5 Å². The number of carbonyl (C=O) groups excluding carboxylic acids is 3. The van der Waals surface area contributed by atoms with E-state index in [0.29, 0.717) is 13.0 Å². The van der Waals surface area contributed by atoms with Crippen LogP contribution in [0.1, 0.15) is 36.5 Å². The summed E-state index contributed by atoms with van der Waals surface area (Å²) >= 11 is 0. The number of likely N-dealkylation sites (N-methyl/N-ethyl adjacent to an activating group) is 1. The predicted molar refractivity (Wildman–Crippen MR) is 117 cm³/mol. The van der Waals surface area contributed by atoms with Crippen LogP contribution < -0.4 is 10.1 Å². The summed E-state index contributed by atoms with van der Waals surface area (Å²) in [5, 5.41) is 2.52. The number of esters is 1. The first-order valence-electron chi connectivity index (χ1n) is 10.3. The SMILES string of the molecule is CCC(=O)NCC(=O)N(C)CCC(=O)OCc1ccc(OCc2ccc(C)cc2)cc1. The van der Waals surface area contributed by atoms with Crippen LogP contribution in [0.2, 0.25) is 0 Å². The van der Waals surface area contributed by atoms with Crippen LogP contribution in [0, 0.1) is 6.92 Å². The molecule has 0 spiro atoms. The fourth-order valence-corrected chi connectivity index (χ4v) is 2.59. The van der Waals surface area contributed by atoms with Crippen LogP contribution in [-0.4, -0.2) is 42.8 Å². The third-order valence-electron chi connectivity index (χ3n) is 4.68. The third-order valence-corrected chi connectivity index (χ3v) is 4.68. The Bertz CT molecular complexity index is 863. The molecule has 2 rings (SSSR count). The molecule has 0 saturated carbocycles. The van der Waals surface area contributed by atoms with Gasteiger partial charge in [0.25, 0.3) is 0 Å². The molecule has 2 aromatic rings. The smallest absolute Gasteiger partial charge is 0.307 e. The van der Waals surface area contributed by atoms with E-state index in [1.54, 1.807) is 14.0 Å². The van der Waals surface area contributed by atoms with Crippen molar-refractivity contribution in [1.29, 1.82) is 0 Å². The van der Waals surface area contributed by atoms with Gasteiger partial charge in [0.15, 0.2) is 0 Å². The van der Waals surface area contributed by atoms with Crippen LogP contribution in [-0.2, 0) is 32.3 Å². The Morgan fingerprint density at radius 1 is 0.935 bits per heavy atom. The number of ether oxygens (including phenoxy) is 2. The van der Waals surface area contributed by atoms with Crippen molar-refractivity contribution in [2.24, 2.45) is 0 Å². The molecular weight excluding hydrogens is 396 g/mol. The van der Waals surface area contributed by atoms with Gasteiger partial charge in [-0.05, 0) is 30.2 Å². The molecule has 0 atom stereocenters. The Morgan fingerprint density at radius 3 is 2.19 bits per heavy atom. The van der Waals surface area contributed by atoms with Crippen molar-refractivity contribution in [1.82, 2.24) is 10.2 Å². The lowest BCUT2D eigenvalue weighted by Crippen LogP contribution is -2.38. The van der Waals surface area contributed by atoms with Crippen molar-refractivity contribution >= 4 is 17.8 Å². The third kappa shape index (κ3) is 8.90. The van der Waals surface area contributed by atoms with Gasteiger partial charge in [0.2, 0.25) is 11.8 Å². The standard InChI is InChI=1S/C24H30N2O5/c1-4-22(27)25-15-23(28)26(3)14-13-24(29)31-17-20-9-11-21(12-10-20)30-16-19-7-5-18(2)6-8-19/h5-12H,4,13-17H2,1-3H3,(H,25,27). The fraction of sp³-hybridized carbons (Fsp3) is 0.375. The fourth-order valence-electron chi connectivity index (χ4n) is 2.59. The number of aryl methyl sites for hydroxylation is 1. The van der Waals surface area contributed by atoms with Gasteiger partial charge in [0, 0.05) is 20.0 Å². The number of amides is 2. The second-order valence-corrected chi connectivity index (χ2v) is 7.27. The number of nitrogens with one attached hydrogen (secondary N) is 1. The zero-order chi connectivity index (χ0) is 22.6. The van der Waals surface area contributed by atoms with Crippen molar-refractivity contribution in [2.75, 3.05) is 20.1 Å². The van der Waals surface area contributed by atoms with Crippen LogP contribution in [0.25, 0.3) is 0 Å². The molecule has 0 heterocycles. The van der Waals surface area contributed by atoms with Gasteiger partial charge in [-0.3, -0.25) is 14.4 Å². The van der Waals surface area contributed by atoms with E-state index in [9.17, 15) is 14.4 Å². The van der Waals surface area contributed by atoms with Gasteiger partial charge < -0.3 is 19.7 Å². The van der Waals surface area contributed by atoms with E-state index in [1.165, 1.54) is 10.5 Å². The molecule has 1 N–H and O–H groups in total. The Labute approximate surface area is 183 Å². The monoisotopic (exact) mass is 426 g/mol. The predicted octanol–water partition coefficient (Wildman–Crippen LogP) is 2.99. The summed E-state index contributed by atoms with van der Waals surface area (Å²) in [6, 6.07) is 15.6. The highest BCUT2D eigenvalue weighted by atomic mass is 16.5. The Morgan fingerprint density at radius 2 is 1.55 bits per heavy atom. The number of benzene rings is 2. The lowest BCUT2D eigenvalue weighted by atomic mass is 10.2. The van der Waals surface area contributed by atoms with E-state index in [-0.39, 0.29) is 37.9 Å². The maximum Gasteiger partial charge on any atom is 0.307 e. The van der Waals surface area contributed by atoms with E-state index in [1.807, 2.05) is 55.5 Å². The van der Waals surface area contributed by atoms with Gasteiger partial charge in [0.1, 0.15) is 19.0 Å². The van der Waals surface area contributed by atoms with Crippen LogP contribution in [0.4, 0.5) is 0 Å². The van der Waals surface area contributed by atoms with E-state index in [2.05, 4.69) is 5.32 Å². The maximum absolute atomic E-state index is 12.0. The summed E-state index contributed by atoms with van der Waals surface area (Å²) in [5.41, 5.74) is 3.16. The molecule has 0 bridgehead atoms. The highest BCUT2D eigenvalue weighted by molar-refractivity contribution is 5.84. The number of carbonyl (C=O) groups is 3. The van der Waals surface area contributed by atoms with Gasteiger partial charge in [0.05, 0.1) is 13.0 Å². The van der Waals surface area contributed by atoms with Gasteiger partial charge >= 0.3 is 5.97 Å². The van der Waals surface area contributed by atoms with Crippen molar-refractivity contribution < 1.29 is 23.9 Å². The molecule has 0 fully saturated rings. The summed E-state index contributed by atoms with van der Waals surface area (Å²) in [7, 11) is 1.59. The van der Waals surface area contributed by atoms with E-state index in [4.69, 9.17) is 9.47 Å². The number of hydrogen-bond acceptors (Lipinski definition) is 5. The van der Waals surface area contributed by atoms with Crippen molar-refractivity contribution in [3.8, 4) is 5.75 Å². The molecule has 7 nitrogen and oxygen atoms in total. The van der Waals surface area contributed by atoms with Crippen molar-refractivity contribution in [2.45, 2.75) is 39.9 Å². The molecule has 166 valence electrons. The molecule has 0 saturated heterocycles. The Kier molecular flexibility index (Phi) is 9.55. The van der Waals surface area contributed by atoms with Crippen molar-refractivity contribution in [3.63, 3.8) is 0 Å². The first-order valence-corrected chi connectivity index (χ1v) is 10.3. The molecule has 0 aliphatic heterocycles. The van der Waals surface area contributed by atoms with Gasteiger partial charge in [-0.25, -0.2) is 0 Å². The van der Waals surface area contributed by atoms with E-state index >= 15 is 0 Å². The molecule has 2 amide bonds. The zero-order valence-corrected chi connectivity index (χ0v) is 18.3. The Balaban J connectivity index is 1.67. The first kappa shape index (κ1) is 23.9. The van der Waals surface area contributed by atoms with Crippen molar-refractivity contribution in [3.05, 3.63) is 65.2 Å². The summed E-state index contributed by atoms with van der Waals surface area (Å²) in [6.07, 6.45) is 0.408. The number of rotatable bonds is 11. The highest BCUT2D eigenvalue weighted by Crippen LogP contribution is 2.15. The summed E-state index contributed by atoms with van der Waals surface area (Å²) in [6.45, 7) is 4.56. The second kappa shape index (κ2) is 12.4. The Hall–Kier alpha value is -3.35. The summed E-state index contributed by atoms with van der Waals surface area (Å²) in [4.78, 5) is 36.4. The van der Waals surface area contributed by atoms with Gasteiger partial charge in [-0.2, -0.15) is 0 Å². The van der Waals surface area contributed by atoms with Crippen LogP contribution in [0.5, 0.6) is 5.75 Å². The molecular formula is C24H30N2O5. The minimum atomic E-state index is -0.392. The molecule has 0 aromatic heterocycles. The molecule has 0 radical (unpaired) electrons. The van der Waals surface area contributed by atoms with Crippen LogP contribution in [0.3, 0.4) is 0 Å². The number of hydrogen-bond donors (Lipinski definition) is 1. The lowest BCUT2D eigenvalue weighted by molar-refractivity contribution is -0.145. The summed E-state index contributed by atoms with van der Waals surface area (Å²) < 4.78 is 11.0. The van der Waals surface area contributed by atoms with Gasteiger partial charge in [-0.1, -0.05) is 48.9 Å². The second-order valence-electron chi connectivity index (χ2n) is 7.27. The molecule has 0 aliphatic rings.